The number of piperidine rings is 1. The van der Waals surface area contributed by atoms with E-state index in [1.165, 1.54) is 0 Å². The van der Waals surface area contributed by atoms with Gasteiger partial charge in [-0.15, -0.1) is 0 Å². The van der Waals surface area contributed by atoms with Crippen LogP contribution in [0.1, 0.15) is 33.1 Å². The number of nitrogens with zero attached hydrogens (tertiary/aromatic N) is 1. The number of rotatable bonds is 8. The van der Waals surface area contributed by atoms with Gasteiger partial charge < -0.3 is 19.1 Å². The van der Waals surface area contributed by atoms with E-state index in [2.05, 4.69) is 6.92 Å². The van der Waals surface area contributed by atoms with Gasteiger partial charge in [0.25, 0.3) is 5.91 Å². The maximum atomic E-state index is 12.3. The van der Waals surface area contributed by atoms with Gasteiger partial charge >= 0.3 is 5.97 Å². The van der Waals surface area contributed by atoms with Crippen molar-refractivity contribution in [2.24, 2.45) is 5.92 Å². The average molecular weight is 349 g/mol. The van der Waals surface area contributed by atoms with Gasteiger partial charge in [0.05, 0.1) is 19.1 Å². The van der Waals surface area contributed by atoms with Crippen molar-refractivity contribution in [2.45, 2.75) is 33.1 Å². The van der Waals surface area contributed by atoms with E-state index >= 15 is 0 Å². The van der Waals surface area contributed by atoms with Gasteiger partial charge in [-0.05, 0) is 50.5 Å². The Morgan fingerprint density at radius 3 is 2.44 bits per heavy atom. The monoisotopic (exact) mass is 349 g/mol. The molecule has 1 fully saturated rings. The van der Waals surface area contributed by atoms with Crippen LogP contribution in [0.2, 0.25) is 0 Å². The van der Waals surface area contributed by atoms with Crippen molar-refractivity contribution in [3.05, 3.63) is 24.3 Å². The molecule has 0 saturated carbocycles. The molecule has 6 heteroatoms. The number of esters is 1. The van der Waals surface area contributed by atoms with Gasteiger partial charge in [-0.2, -0.15) is 0 Å². The predicted molar refractivity (Wildman–Crippen MR) is 93.7 cm³/mol. The quantitative estimate of drug-likeness (QED) is 0.675. The van der Waals surface area contributed by atoms with Gasteiger partial charge in [0, 0.05) is 13.1 Å². The summed E-state index contributed by atoms with van der Waals surface area (Å²) in [6.07, 6.45) is 2.52. The molecule has 25 heavy (non-hydrogen) atoms. The number of benzene rings is 1. The molecular weight excluding hydrogens is 322 g/mol. The van der Waals surface area contributed by atoms with Crippen molar-refractivity contribution < 1.29 is 23.8 Å². The predicted octanol–water partition coefficient (Wildman–Crippen LogP) is 2.66. The first-order valence-corrected chi connectivity index (χ1v) is 8.94. The van der Waals surface area contributed by atoms with Crippen LogP contribution in [0.15, 0.2) is 24.3 Å². The molecule has 0 N–H and O–H groups in total. The van der Waals surface area contributed by atoms with Gasteiger partial charge in [0.15, 0.2) is 6.61 Å². The van der Waals surface area contributed by atoms with Crippen molar-refractivity contribution in [2.75, 3.05) is 32.9 Å². The molecule has 1 atom stereocenters. The van der Waals surface area contributed by atoms with Crippen molar-refractivity contribution in [1.82, 2.24) is 4.90 Å². The summed E-state index contributed by atoms with van der Waals surface area (Å²) < 4.78 is 16.1. The van der Waals surface area contributed by atoms with Crippen LogP contribution in [0.25, 0.3) is 0 Å². The molecule has 1 saturated heterocycles. The van der Waals surface area contributed by atoms with Gasteiger partial charge in [0.1, 0.15) is 11.5 Å². The summed E-state index contributed by atoms with van der Waals surface area (Å²) in [5.41, 5.74) is 0. The first kappa shape index (κ1) is 19.1. The standard InChI is InChI=1S/C19H27NO5/c1-3-12-24-16-7-9-17(10-8-16)25-14-18(21)20-11-5-6-15(13-20)19(22)23-4-2/h7-10,15H,3-6,11-14H2,1-2H3/t15-/m0/s1. The second kappa shape index (κ2) is 9.91. The highest BCUT2D eigenvalue weighted by Crippen LogP contribution is 2.20. The minimum absolute atomic E-state index is 0.0370. The van der Waals surface area contributed by atoms with Crippen LogP contribution < -0.4 is 9.47 Å². The number of carbonyl (C=O) groups is 2. The molecule has 0 unspecified atom stereocenters. The lowest BCUT2D eigenvalue weighted by Crippen LogP contribution is -2.44. The lowest BCUT2D eigenvalue weighted by molar-refractivity contribution is -0.151. The summed E-state index contributed by atoms with van der Waals surface area (Å²) in [7, 11) is 0. The average Bonchev–Trinajstić information content (AvgIpc) is 2.65. The molecule has 138 valence electrons. The molecule has 1 aliphatic heterocycles. The Morgan fingerprint density at radius 2 is 1.80 bits per heavy atom. The Kier molecular flexibility index (Phi) is 7.57. The Bertz CT molecular complexity index is 557. The number of likely N-dealkylation sites (tertiary alicyclic amines) is 1. The van der Waals surface area contributed by atoms with Gasteiger partial charge in [-0.25, -0.2) is 0 Å². The molecule has 0 aliphatic carbocycles. The molecule has 2 rings (SSSR count). The van der Waals surface area contributed by atoms with E-state index in [0.29, 0.717) is 32.1 Å². The van der Waals surface area contributed by atoms with Crippen LogP contribution >= 0.6 is 0 Å². The summed E-state index contributed by atoms with van der Waals surface area (Å²) in [5.74, 6) is 0.849. The number of ether oxygens (including phenoxy) is 3. The van der Waals surface area contributed by atoms with Crippen LogP contribution in [0, 0.1) is 5.92 Å². The molecule has 1 aliphatic rings. The number of carbonyl (C=O) groups excluding carboxylic acids is 2. The second-order valence-electron chi connectivity index (χ2n) is 6.04. The summed E-state index contributed by atoms with van der Waals surface area (Å²) in [5, 5.41) is 0. The summed E-state index contributed by atoms with van der Waals surface area (Å²) >= 11 is 0. The third-order valence-electron chi connectivity index (χ3n) is 4.05. The SMILES string of the molecule is CCCOc1ccc(OCC(=O)N2CCC[C@H](C(=O)OCC)C2)cc1. The van der Waals surface area contributed by atoms with E-state index in [-0.39, 0.29) is 24.4 Å². The fraction of sp³-hybridized carbons (Fsp3) is 0.579. The Labute approximate surface area is 149 Å². The van der Waals surface area contributed by atoms with Crippen molar-refractivity contribution >= 4 is 11.9 Å². The lowest BCUT2D eigenvalue weighted by Gasteiger charge is -2.31. The zero-order chi connectivity index (χ0) is 18.1. The molecule has 6 nitrogen and oxygen atoms in total. The fourth-order valence-electron chi connectivity index (χ4n) is 2.74. The molecule has 1 aromatic rings. The highest BCUT2D eigenvalue weighted by atomic mass is 16.5. The van der Waals surface area contributed by atoms with Gasteiger partial charge in [-0.3, -0.25) is 9.59 Å². The molecule has 1 amide bonds. The van der Waals surface area contributed by atoms with Crippen molar-refractivity contribution in [3.8, 4) is 11.5 Å². The van der Waals surface area contributed by atoms with Crippen molar-refractivity contribution in [1.29, 1.82) is 0 Å². The fourth-order valence-corrected chi connectivity index (χ4v) is 2.74. The van der Waals surface area contributed by atoms with Gasteiger partial charge in [0.2, 0.25) is 0 Å². The van der Waals surface area contributed by atoms with Gasteiger partial charge in [-0.1, -0.05) is 6.92 Å². The number of amides is 1. The van der Waals surface area contributed by atoms with E-state index in [1.807, 2.05) is 12.1 Å². The van der Waals surface area contributed by atoms with Crippen LogP contribution in [-0.2, 0) is 14.3 Å². The van der Waals surface area contributed by atoms with E-state index in [1.54, 1.807) is 24.0 Å². The molecular formula is C19H27NO5. The Balaban J connectivity index is 1.80. The first-order chi connectivity index (χ1) is 12.1. The lowest BCUT2D eigenvalue weighted by atomic mass is 9.98. The third-order valence-corrected chi connectivity index (χ3v) is 4.05. The topological polar surface area (TPSA) is 65.1 Å². The first-order valence-electron chi connectivity index (χ1n) is 8.94. The zero-order valence-electron chi connectivity index (χ0n) is 15.0. The highest BCUT2D eigenvalue weighted by molar-refractivity contribution is 5.79. The highest BCUT2D eigenvalue weighted by Gasteiger charge is 2.29. The number of hydrogen-bond donors (Lipinski definition) is 0. The van der Waals surface area contributed by atoms with E-state index in [9.17, 15) is 9.59 Å². The Morgan fingerprint density at radius 1 is 1.12 bits per heavy atom. The largest absolute Gasteiger partial charge is 0.494 e. The zero-order valence-corrected chi connectivity index (χ0v) is 15.0. The van der Waals surface area contributed by atoms with Crippen LogP contribution in [-0.4, -0.2) is 49.7 Å². The normalized spacial score (nSPS) is 17.0. The van der Waals surface area contributed by atoms with E-state index < -0.39 is 0 Å². The molecule has 0 aromatic heterocycles. The maximum absolute atomic E-state index is 12.3. The second-order valence-corrected chi connectivity index (χ2v) is 6.04. The van der Waals surface area contributed by atoms with Crippen molar-refractivity contribution in [3.63, 3.8) is 0 Å². The minimum Gasteiger partial charge on any atom is -0.494 e. The van der Waals surface area contributed by atoms with Crippen LogP contribution in [0.4, 0.5) is 0 Å². The number of hydrogen-bond acceptors (Lipinski definition) is 5. The summed E-state index contributed by atoms with van der Waals surface area (Å²) in [6, 6.07) is 7.23. The third kappa shape index (κ3) is 5.96. The smallest absolute Gasteiger partial charge is 0.310 e. The minimum atomic E-state index is -0.229. The maximum Gasteiger partial charge on any atom is 0.310 e. The Hall–Kier alpha value is -2.24. The summed E-state index contributed by atoms with van der Waals surface area (Å²) in [6.45, 7) is 5.91. The molecule has 0 bridgehead atoms. The van der Waals surface area contributed by atoms with E-state index in [4.69, 9.17) is 14.2 Å². The summed E-state index contributed by atoms with van der Waals surface area (Å²) in [4.78, 5) is 25.9. The van der Waals surface area contributed by atoms with E-state index in [0.717, 1.165) is 25.0 Å². The molecule has 1 heterocycles. The van der Waals surface area contributed by atoms with Crippen LogP contribution in [0.3, 0.4) is 0 Å². The molecule has 0 spiro atoms. The van der Waals surface area contributed by atoms with Crippen LogP contribution in [0.5, 0.6) is 11.5 Å². The molecule has 0 radical (unpaired) electrons. The molecule has 1 aromatic carbocycles.